The van der Waals surface area contributed by atoms with Crippen LogP contribution in [0.15, 0.2) is 67.5 Å². The van der Waals surface area contributed by atoms with Crippen molar-refractivity contribution in [3.05, 3.63) is 68.6 Å². The van der Waals surface area contributed by atoms with E-state index in [1.807, 2.05) is 61.0 Å². The predicted octanol–water partition coefficient (Wildman–Crippen LogP) is 4.75. The van der Waals surface area contributed by atoms with Gasteiger partial charge in [0.25, 0.3) is 0 Å². The largest absolute Gasteiger partial charge is 0.291 e. The SMILES string of the molecule is Brc1ccc(C=NCCN=Cc2cccc(Br)c2)cc1. The van der Waals surface area contributed by atoms with Crippen molar-refractivity contribution in [2.24, 2.45) is 9.98 Å². The lowest BCUT2D eigenvalue weighted by Crippen LogP contribution is -1.90. The summed E-state index contributed by atoms with van der Waals surface area (Å²) in [6.07, 6.45) is 3.75. The third kappa shape index (κ3) is 5.39. The third-order valence-electron chi connectivity index (χ3n) is 2.56. The first-order chi connectivity index (χ1) is 9.74. The molecular formula is C16H14Br2N2. The van der Waals surface area contributed by atoms with E-state index in [4.69, 9.17) is 0 Å². The summed E-state index contributed by atoms with van der Waals surface area (Å²) in [6.45, 7) is 1.39. The quantitative estimate of drug-likeness (QED) is 0.517. The second kappa shape index (κ2) is 8.12. The van der Waals surface area contributed by atoms with E-state index < -0.39 is 0 Å². The van der Waals surface area contributed by atoms with E-state index in [1.54, 1.807) is 0 Å². The average molecular weight is 394 g/mol. The normalized spacial score (nSPS) is 11.5. The highest BCUT2D eigenvalue weighted by Crippen LogP contribution is 2.10. The van der Waals surface area contributed by atoms with Crippen LogP contribution in [-0.4, -0.2) is 25.5 Å². The second-order valence-electron chi connectivity index (χ2n) is 4.18. The standard InChI is InChI=1S/C16H14Br2N2/c17-15-6-4-13(5-7-15)11-19-8-9-20-12-14-2-1-3-16(18)10-14/h1-7,10-12H,8-9H2. The molecule has 0 radical (unpaired) electrons. The third-order valence-corrected chi connectivity index (χ3v) is 3.58. The summed E-state index contributed by atoms with van der Waals surface area (Å²) < 4.78 is 2.14. The fourth-order valence-electron chi connectivity index (χ4n) is 1.59. The van der Waals surface area contributed by atoms with Crippen LogP contribution in [0.1, 0.15) is 11.1 Å². The molecule has 2 nitrogen and oxygen atoms in total. The van der Waals surface area contributed by atoms with Gasteiger partial charge < -0.3 is 0 Å². The van der Waals surface area contributed by atoms with Crippen molar-refractivity contribution >= 4 is 44.3 Å². The molecule has 4 heteroatoms. The highest BCUT2D eigenvalue weighted by Gasteiger charge is 1.89. The second-order valence-corrected chi connectivity index (χ2v) is 6.01. The van der Waals surface area contributed by atoms with Crippen LogP contribution in [0, 0.1) is 0 Å². The summed E-state index contributed by atoms with van der Waals surface area (Å²) >= 11 is 6.85. The zero-order valence-electron chi connectivity index (χ0n) is 10.8. The van der Waals surface area contributed by atoms with E-state index in [-0.39, 0.29) is 0 Å². The van der Waals surface area contributed by atoms with Crippen molar-refractivity contribution < 1.29 is 0 Å². The monoisotopic (exact) mass is 392 g/mol. The number of aliphatic imine (C=N–C) groups is 2. The minimum absolute atomic E-state index is 0.694. The maximum atomic E-state index is 4.36. The Bertz CT molecular complexity index is 604. The zero-order valence-corrected chi connectivity index (χ0v) is 14.0. The number of nitrogens with zero attached hydrogens (tertiary/aromatic N) is 2. The molecule has 0 aromatic heterocycles. The first-order valence-corrected chi connectivity index (χ1v) is 7.83. The fourth-order valence-corrected chi connectivity index (χ4v) is 2.27. The lowest BCUT2D eigenvalue weighted by molar-refractivity contribution is 0.985. The number of halogens is 2. The smallest absolute Gasteiger partial charge is 0.0585 e. The molecule has 0 heterocycles. The molecule has 0 spiro atoms. The molecule has 0 saturated carbocycles. The van der Waals surface area contributed by atoms with Crippen molar-refractivity contribution in [2.45, 2.75) is 0 Å². The van der Waals surface area contributed by atoms with Crippen LogP contribution in [0.2, 0.25) is 0 Å². The molecule has 0 bridgehead atoms. The molecule has 0 N–H and O–H groups in total. The van der Waals surface area contributed by atoms with Gasteiger partial charge in [0.05, 0.1) is 13.1 Å². The molecule has 2 rings (SSSR count). The van der Waals surface area contributed by atoms with Gasteiger partial charge in [-0.05, 0) is 35.4 Å². The van der Waals surface area contributed by atoms with Gasteiger partial charge in [-0.1, -0.05) is 56.1 Å². The number of hydrogen-bond donors (Lipinski definition) is 0. The van der Waals surface area contributed by atoms with Crippen LogP contribution in [0.4, 0.5) is 0 Å². The highest BCUT2D eigenvalue weighted by atomic mass is 79.9. The summed E-state index contributed by atoms with van der Waals surface area (Å²) in [5.74, 6) is 0. The predicted molar refractivity (Wildman–Crippen MR) is 93.2 cm³/mol. The van der Waals surface area contributed by atoms with Crippen LogP contribution in [-0.2, 0) is 0 Å². The molecule has 0 atom stereocenters. The van der Waals surface area contributed by atoms with Gasteiger partial charge in [0.1, 0.15) is 0 Å². The molecule has 102 valence electrons. The Hall–Kier alpha value is -1.26. The van der Waals surface area contributed by atoms with Crippen molar-refractivity contribution in [2.75, 3.05) is 13.1 Å². The minimum Gasteiger partial charge on any atom is -0.291 e. The van der Waals surface area contributed by atoms with Crippen LogP contribution < -0.4 is 0 Å². The molecule has 0 aliphatic rings. The molecule has 0 unspecified atom stereocenters. The Morgan fingerprint density at radius 3 is 2.05 bits per heavy atom. The molecule has 0 fully saturated rings. The lowest BCUT2D eigenvalue weighted by atomic mass is 10.2. The summed E-state index contributed by atoms with van der Waals surface area (Å²) in [7, 11) is 0. The maximum absolute atomic E-state index is 4.36. The summed E-state index contributed by atoms with van der Waals surface area (Å²) in [4.78, 5) is 8.72. The van der Waals surface area contributed by atoms with Gasteiger partial charge in [-0.15, -0.1) is 0 Å². The van der Waals surface area contributed by atoms with E-state index in [1.165, 1.54) is 0 Å². The van der Waals surface area contributed by atoms with Crippen molar-refractivity contribution in [1.29, 1.82) is 0 Å². The molecule has 0 saturated heterocycles. The molecule has 2 aromatic carbocycles. The molecule has 0 aliphatic heterocycles. The summed E-state index contributed by atoms with van der Waals surface area (Å²) in [6, 6.07) is 16.1. The topological polar surface area (TPSA) is 24.7 Å². The number of rotatable bonds is 5. The van der Waals surface area contributed by atoms with Crippen LogP contribution >= 0.6 is 31.9 Å². The lowest BCUT2D eigenvalue weighted by Gasteiger charge is -1.95. The van der Waals surface area contributed by atoms with Gasteiger partial charge in [0.2, 0.25) is 0 Å². The fraction of sp³-hybridized carbons (Fsp3) is 0.125. The summed E-state index contributed by atoms with van der Waals surface area (Å²) in [5, 5.41) is 0. The van der Waals surface area contributed by atoms with Crippen LogP contribution in [0.5, 0.6) is 0 Å². The maximum Gasteiger partial charge on any atom is 0.0585 e. The Labute approximate surface area is 135 Å². The Kier molecular flexibility index (Phi) is 6.15. The highest BCUT2D eigenvalue weighted by molar-refractivity contribution is 9.10. The van der Waals surface area contributed by atoms with E-state index >= 15 is 0 Å². The number of hydrogen-bond acceptors (Lipinski definition) is 2. The van der Waals surface area contributed by atoms with Gasteiger partial charge in [0, 0.05) is 21.4 Å². The van der Waals surface area contributed by atoms with Crippen molar-refractivity contribution in [3.8, 4) is 0 Å². The molecular weight excluding hydrogens is 380 g/mol. The van der Waals surface area contributed by atoms with Gasteiger partial charge >= 0.3 is 0 Å². The van der Waals surface area contributed by atoms with Crippen LogP contribution in [0.25, 0.3) is 0 Å². The molecule has 2 aromatic rings. The minimum atomic E-state index is 0.694. The Balaban J connectivity index is 1.77. The Morgan fingerprint density at radius 2 is 1.40 bits per heavy atom. The molecule has 20 heavy (non-hydrogen) atoms. The van der Waals surface area contributed by atoms with Gasteiger partial charge in [-0.3, -0.25) is 9.98 Å². The first-order valence-electron chi connectivity index (χ1n) is 6.25. The van der Waals surface area contributed by atoms with Gasteiger partial charge in [-0.25, -0.2) is 0 Å². The van der Waals surface area contributed by atoms with Gasteiger partial charge in [-0.2, -0.15) is 0 Å². The van der Waals surface area contributed by atoms with Crippen molar-refractivity contribution in [3.63, 3.8) is 0 Å². The first kappa shape index (κ1) is 15.1. The Morgan fingerprint density at radius 1 is 0.750 bits per heavy atom. The van der Waals surface area contributed by atoms with E-state index in [9.17, 15) is 0 Å². The molecule has 0 amide bonds. The van der Waals surface area contributed by atoms with Crippen LogP contribution in [0.3, 0.4) is 0 Å². The van der Waals surface area contributed by atoms with Crippen molar-refractivity contribution in [1.82, 2.24) is 0 Å². The van der Waals surface area contributed by atoms with E-state index in [0.717, 1.165) is 20.1 Å². The zero-order chi connectivity index (χ0) is 14.2. The van der Waals surface area contributed by atoms with E-state index in [0.29, 0.717) is 13.1 Å². The molecule has 0 aliphatic carbocycles. The summed E-state index contributed by atoms with van der Waals surface area (Å²) in [5.41, 5.74) is 2.19. The number of benzene rings is 2. The van der Waals surface area contributed by atoms with Gasteiger partial charge in [0.15, 0.2) is 0 Å². The van der Waals surface area contributed by atoms with E-state index in [2.05, 4.69) is 41.8 Å². The average Bonchev–Trinajstić information content (AvgIpc) is 2.45.